The van der Waals surface area contributed by atoms with Crippen LogP contribution in [-0.4, -0.2) is 32.5 Å². The van der Waals surface area contributed by atoms with Crippen LogP contribution in [-0.2, 0) is 6.54 Å². The average molecular weight is 457 g/mol. The molecule has 0 aliphatic carbocycles. The number of halogens is 4. The van der Waals surface area contributed by atoms with Gasteiger partial charge in [0.2, 0.25) is 0 Å². The van der Waals surface area contributed by atoms with Gasteiger partial charge in [-0.25, -0.2) is 4.39 Å². The Labute approximate surface area is 179 Å². The van der Waals surface area contributed by atoms with Crippen molar-refractivity contribution in [2.75, 3.05) is 5.75 Å². The van der Waals surface area contributed by atoms with Crippen molar-refractivity contribution in [2.24, 2.45) is 0 Å². The largest absolute Gasteiger partial charge is 0.481 e. The van der Waals surface area contributed by atoms with Crippen molar-refractivity contribution in [3.05, 3.63) is 59.0 Å². The molecular formula is C20H19F4N3O3S. The fraction of sp³-hybridized carbons (Fsp3) is 0.350. The van der Waals surface area contributed by atoms with E-state index in [9.17, 15) is 22.4 Å². The molecule has 3 aromatic rings. The molecule has 2 heterocycles. The highest BCUT2D eigenvalue weighted by molar-refractivity contribution is 7.99. The van der Waals surface area contributed by atoms with Gasteiger partial charge in [0.15, 0.2) is 11.9 Å². The summed E-state index contributed by atoms with van der Waals surface area (Å²) in [6.07, 6.45) is -4.99. The number of thioether (sulfide) groups is 1. The Morgan fingerprint density at radius 1 is 1.23 bits per heavy atom. The van der Waals surface area contributed by atoms with E-state index in [0.717, 1.165) is 16.3 Å². The first kappa shape index (κ1) is 22.9. The van der Waals surface area contributed by atoms with E-state index in [1.54, 1.807) is 6.92 Å². The van der Waals surface area contributed by atoms with E-state index in [4.69, 9.17) is 9.15 Å². The summed E-state index contributed by atoms with van der Waals surface area (Å²) < 4.78 is 63.3. The van der Waals surface area contributed by atoms with Gasteiger partial charge in [-0.05, 0) is 51.1 Å². The fourth-order valence-electron chi connectivity index (χ4n) is 2.92. The maximum Gasteiger partial charge on any atom is 0.406 e. The highest BCUT2D eigenvalue weighted by Crippen LogP contribution is 2.27. The zero-order valence-electron chi connectivity index (χ0n) is 16.9. The summed E-state index contributed by atoms with van der Waals surface area (Å²) in [5.74, 6) is -0.221. The van der Waals surface area contributed by atoms with Gasteiger partial charge in [-0.2, -0.15) is 13.2 Å². The van der Waals surface area contributed by atoms with Crippen LogP contribution in [0, 0.1) is 19.7 Å². The first-order valence-electron chi connectivity index (χ1n) is 9.18. The molecule has 1 aromatic carbocycles. The summed E-state index contributed by atoms with van der Waals surface area (Å²) >= 11 is 0.980. The molecule has 166 valence electrons. The van der Waals surface area contributed by atoms with Gasteiger partial charge < -0.3 is 13.7 Å². The molecule has 0 aliphatic heterocycles. The molecule has 0 saturated carbocycles. The van der Waals surface area contributed by atoms with E-state index < -0.39 is 18.8 Å². The Balaban J connectivity index is 1.61. The second kappa shape index (κ2) is 9.13. The molecule has 1 atom stereocenters. The van der Waals surface area contributed by atoms with Crippen LogP contribution in [0.25, 0.3) is 0 Å². The van der Waals surface area contributed by atoms with Crippen LogP contribution in [0.15, 0.2) is 40.0 Å². The third-order valence-corrected chi connectivity index (χ3v) is 5.25. The zero-order valence-corrected chi connectivity index (χ0v) is 17.7. The van der Waals surface area contributed by atoms with Crippen molar-refractivity contribution < 1.29 is 31.5 Å². The Morgan fingerprint density at radius 2 is 1.90 bits per heavy atom. The van der Waals surface area contributed by atoms with Crippen molar-refractivity contribution in [2.45, 2.75) is 44.8 Å². The molecule has 0 saturated heterocycles. The first-order valence-corrected chi connectivity index (χ1v) is 10.2. The molecule has 3 rings (SSSR count). The SMILES string of the molecule is Cc1cc(C(=O)CSc2nnc([C@@H](C)Oc3ccc(F)cc3)o2)c(C)n1CC(F)(F)F. The Kier molecular flexibility index (Phi) is 6.73. The van der Waals surface area contributed by atoms with Crippen molar-refractivity contribution >= 4 is 17.5 Å². The zero-order chi connectivity index (χ0) is 22.8. The van der Waals surface area contributed by atoms with E-state index in [1.165, 1.54) is 44.2 Å². The number of benzene rings is 1. The molecule has 0 fully saturated rings. The molecule has 0 unspecified atom stereocenters. The second-order valence-corrected chi connectivity index (χ2v) is 7.74. The van der Waals surface area contributed by atoms with Crippen LogP contribution in [0.4, 0.5) is 17.6 Å². The quantitative estimate of drug-likeness (QED) is 0.260. The Morgan fingerprint density at radius 3 is 2.55 bits per heavy atom. The van der Waals surface area contributed by atoms with Crippen LogP contribution >= 0.6 is 11.8 Å². The van der Waals surface area contributed by atoms with Crippen LogP contribution < -0.4 is 4.74 Å². The highest BCUT2D eigenvalue weighted by Gasteiger charge is 2.30. The third kappa shape index (κ3) is 5.87. The standard InChI is InChI=1S/C20H19F4N3O3S/c1-11-8-16(12(2)27(11)10-20(22,23)24)17(28)9-31-19-26-25-18(30-19)13(3)29-15-6-4-14(21)5-7-15/h4-8,13H,9-10H2,1-3H3/t13-/m1/s1. The molecule has 0 N–H and O–H groups in total. The van der Waals surface area contributed by atoms with Gasteiger partial charge in [-0.3, -0.25) is 4.79 Å². The average Bonchev–Trinajstić information content (AvgIpc) is 3.27. The summed E-state index contributed by atoms with van der Waals surface area (Å²) in [5, 5.41) is 7.86. The summed E-state index contributed by atoms with van der Waals surface area (Å²) in [4.78, 5) is 12.5. The summed E-state index contributed by atoms with van der Waals surface area (Å²) in [6, 6.07) is 6.89. The number of alkyl halides is 3. The molecule has 0 bridgehead atoms. The van der Waals surface area contributed by atoms with Gasteiger partial charge in [0.05, 0.1) is 5.75 Å². The highest BCUT2D eigenvalue weighted by atomic mass is 32.2. The summed E-state index contributed by atoms with van der Waals surface area (Å²) in [7, 11) is 0. The van der Waals surface area contributed by atoms with E-state index >= 15 is 0 Å². The number of nitrogens with zero attached hydrogens (tertiary/aromatic N) is 3. The van der Waals surface area contributed by atoms with Gasteiger partial charge >= 0.3 is 6.18 Å². The minimum atomic E-state index is -4.38. The number of aryl methyl sites for hydroxylation is 1. The number of Topliss-reactive ketones (excluding diaryl/α,β-unsaturated/α-hetero) is 1. The lowest BCUT2D eigenvalue weighted by Crippen LogP contribution is -2.19. The molecule has 11 heteroatoms. The predicted octanol–water partition coefficient (Wildman–Crippen LogP) is 5.30. The number of ether oxygens (including phenoxy) is 1. The summed E-state index contributed by atoms with van der Waals surface area (Å²) in [6.45, 7) is 3.53. The first-order chi connectivity index (χ1) is 14.5. The Hall–Kier alpha value is -2.82. The molecule has 0 spiro atoms. The monoisotopic (exact) mass is 457 g/mol. The predicted molar refractivity (Wildman–Crippen MR) is 105 cm³/mol. The normalized spacial score (nSPS) is 12.7. The van der Waals surface area contributed by atoms with Gasteiger partial charge in [-0.1, -0.05) is 11.8 Å². The van der Waals surface area contributed by atoms with E-state index in [0.29, 0.717) is 11.4 Å². The van der Waals surface area contributed by atoms with Crippen molar-refractivity contribution in [3.8, 4) is 5.75 Å². The van der Waals surface area contributed by atoms with Crippen molar-refractivity contribution in [3.63, 3.8) is 0 Å². The van der Waals surface area contributed by atoms with Crippen molar-refractivity contribution in [1.29, 1.82) is 0 Å². The van der Waals surface area contributed by atoms with E-state index in [2.05, 4.69) is 10.2 Å². The smallest absolute Gasteiger partial charge is 0.406 e. The van der Waals surface area contributed by atoms with Gasteiger partial charge in [0.1, 0.15) is 18.1 Å². The number of aromatic nitrogens is 3. The van der Waals surface area contributed by atoms with Gasteiger partial charge in [-0.15, -0.1) is 10.2 Å². The maximum atomic E-state index is 13.0. The molecule has 0 aliphatic rings. The molecular weight excluding hydrogens is 438 g/mol. The Bertz CT molecular complexity index is 1060. The minimum absolute atomic E-state index is 0.0782. The minimum Gasteiger partial charge on any atom is -0.481 e. The number of carbonyl (C=O) groups is 1. The topological polar surface area (TPSA) is 70.2 Å². The molecule has 0 amide bonds. The fourth-order valence-corrected chi connectivity index (χ4v) is 3.57. The lowest BCUT2D eigenvalue weighted by molar-refractivity contribution is -0.141. The number of hydrogen-bond acceptors (Lipinski definition) is 6. The summed E-state index contributed by atoms with van der Waals surface area (Å²) in [5.41, 5.74) is 0.838. The van der Waals surface area contributed by atoms with Crippen LogP contribution in [0.3, 0.4) is 0 Å². The molecule has 6 nitrogen and oxygen atoms in total. The number of carbonyl (C=O) groups excluding carboxylic acids is 1. The number of hydrogen-bond donors (Lipinski definition) is 0. The van der Waals surface area contributed by atoms with Crippen LogP contribution in [0.1, 0.15) is 40.7 Å². The molecule has 31 heavy (non-hydrogen) atoms. The lowest BCUT2D eigenvalue weighted by atomic mass is 10.2. The number of ketones is 1. The van der Waals surface area contributed by atoms with Gasteiger partial charge in [0.25, 0.3) is 11.1 Å². The van der Waals surface area contributed by atoms with Gasteiger partial charge in [0, 0.05) is 17.0 Å². The molecule has 2 aromatic heterocycles. The van der Waals surface area contributed by atoms with E-state index in [1.807, 2.05) is 0 Å². The lowest BCUT2D eigenvalue weighted by Gasteiger charge is -2.12. The third-order valence-electron chi connectivity index (χ3n) is 4.43. The van der Waals surface area contributed by atoms with Crippen LogP contribution in [0.2, 0.25) is 0 Å². The number of rotatable bonds is 8. The van der Waals surface area contributed by atoms with Crippen molar-refractivity contribution in [1.82, 2.24) is 14.8 Å². The van der Waals surface area contributed by atoms with E-state index in [-0.39, 0.29) is 39.7 Å². The molecule has 0 radical (unpaired) electrons. The van der Waals surface area contributed by atoms with Crippen LogP contribution in [0.5, 0.6) is 5.75 Å². The second-order valence-electron chi connectivity index (χ2n) is 6.82. The maximum absolute atomic E-state index is 13.0.